The van der Waals surface area contributed by atoms with Gasteiger partial charge in [0.25, 0.3) is 0 Å². The van der Waals surface area contributed by atoms with Gasteiger partial charge in [-0.15, -0.1) is 11.6 Å². The van der Waals surface area contributed by atoms with Crippen LogP contribution in [0, 0.1) is 0 Å². The summed E-state index contributed by atoms with van der Waals surface area (Å²) in [4.78, 5) is 0. The molecule has 2 aromatic rings. The van der Waals surface area contributed by atoms with E-state index in [4.69, 9.17) is 11.6 Å². The van der Waals surface area contributed by atoms with Gasteiger partial charge in [-0.3, -0.25) is 0 Å². The first-order valence-corrected chi connectivity index (χ1v) is 8.12. The minimum atomic E-state index is -2.92. The number of halogens is 5. The van der Waals surface area contributed by atoms with E-state index in [9.17, 15) is 17.6 Å². The van der Waals surface area contributed by atoms with Crippen molar-refractivity contribution in [2.75, 3.05) is 0 Å². The van der Waals surface area contributed by atoms with Gasteiger partial charge in [-0.05, 0) is 35.4 Å². The van der Waals surface area contributed by atoms with Crippen LogP contribution < -0.4 is 20.3 Å². The highest BCUT2D eigenvalue weighted by atomic mass is 35.5. The van der Waals surface area contributed by atoms with Crippen LogP contribution in [0.5, 0.6) is 11.5 Å². The zero-order chi connectivity index (χ0) is 18.7. The monoisotopic (exact) mass is 390 g/mol. The fraction of sp³-hybridized carbons (Fsp3) is 0.294. The first kappa shape index (κ1) is 18.8. The quantitative estimate of drug-likeness (QED) is 0.567. The Hall–Kier alpha value is -2.03. The molecule has 2 aromatic carbocycles. The third-order valence-corrected chi connectivity index (χ3v) is 4.42. The van der Waals surface area contributed by atoms with Gasteiger partial charge < -0.3 is 9.47 Å². The lowest BCUT2D eigenvalue weighted by Gasteiger charge is -2.18. The maximum absolute atomic E-state index is 12.4. The zero-order valence-corrected chi connectivity index (χ0v) is 14.0. The molecule has 0 spiro atoms. The molecule has 26 heavy (non-hydrogen) atoms. The number of rotatable bonds is 6. The van der Waals surface area contributed by atoms with Crippen LogP contribution >= 0.6 is 11.6 Å². The highest BCUT2D eigenvalue weighted by Gasteiger charge is 2.36. The summed E-state index contributed by atoms with van der Waals surface area (Å²) in [5.41, 5.74) is 7.30. The molecule has 2 unspecified atom stereocenters. The smallest absolute Gasteiger partial charge is 0.387 e. The minimum Gasteiger partial charge on any atom is -0.435 e. The number of ether oxygens (including phenoxy) is 2. The fourth-order valence-electron chi connectivity index (χ4n) is 2.83. The lowest BCUT2D eigenvalue weighted by atomic mass is 9.97. The molecule has 0 amide bonds. The Labute approximate surface area is 152 Å². The van der Waals surface area contributed by atoms with E-state index in [1.54, 1.807) is 24.3 Å². The molecule has 0 aromatic heterocycles. The SMILES string of the molecule is FC(F)Oc1cccc(C2NNC(c3cccc(OC(F)F)c3)C2Cl)c1. The van der Waals surface area contributed by atoms with E-state index in [-0.39, 0.29) is 11.5 Å². The third kappa shape index (κ3) is 4.38. The minimum absolute atomic E-state index is 0.0268. The lowest BCUT2D eigenvalue weighted by Crippen LogP contribution is -2.26. The van der Waals surface area contributed by atoms with Crippen molar-refractivity contribution in [3.8, 4) is 11.5 Å². The van der Waals surface area contributed by atoms with Gasteiger partial charge in [0.2, 0.25) is 0 Å². The Balaban J connectivity index is 1.77. The molecule has 0 radical (unpaired) electrons. The van der Waals surface area contributed by atoms with Crippen LogP contribution in [0.1, 0.15) is 23.2 Å². The predicted octanol–water partition coefficient (Wildman–Crippen LogP) is 4.39. The number of hydrazine groups is 1. The average molecular weight is 391 g/mol. The van der Waals surface area contributed by atoms with Gasteiger partial charge in [0.1, 0.15) is 11.5 Å². The Morgan fingerprint density at radius 1 is 0.769 bits per heavy atom. The van der Waals surface area contributed by atoms with Crippen LogP contribution in [0.4, 0.5) is 17.6 Å². The van der Waals surface area contributed by atoms with Crippen LogP contribution in [0.25, 0.3) is 0 Å². The molecule has 1 saturated heterocycles. The summed E-state index contributed by atoms with van der Waals surface area (Å²) in [5.74, 6) is 0.0536. The molecule has 1 aliphatic rings. The van der Waals surface area contributed by atoms with Crippen LogP contribution in [-0.2, 0) is 0 Å². The summed E-state index contributed by atoms with van der Waals surface area (Å²) < 4.78 is 58.3. The first-order chi connectivity index (χ1) is 12.4. The number of benzene rings is 2. The Morgan fingerprint density at radius 2 is 1.19 bits per heavy atom. The molecule has 1 aliphatic heterocycles. The van der Waals surface area contributed by atoms with Crippen LogP contribution in [0.2, 0.25) is 0 Å². The Morgan fingerprint density at radius 3 is 1.58 bits per heavy atom. The van der Waals surface area contributed by atoms with E-state index in [0.717, 1.165) is 0 Å². The van der Waals surface area contributed by atoms with Crippen LogP contribution in [0.15, 0.2) is 48.5 Å². The van der Waals surface area contributed by atoms with Gasteiger partial charge in [0.15, 0.2) is 0 Å². The van der Waals surface area contributed by atoms with E-state index in [0.29, 0.717) is 11.1 Å². The van der Waals surface area contributed by atoms with Crippen molar-refractivity contribution >= 4 is 11.6 Å². The van der Waals surface area contributed by atoms with Crippen LogP contribution in [0.3, 0.4) is 0 Å². The van der Waals surface area contributed by atoms with Crippen LogP contribution in [-0.4, -0.2) is 18.6 Å². The summed E-state index contributed by atoms with van der Waals surface area (Å²) >= 11 is 6.53. The number of hydrogen-bond acceptors (Lipinski definition) is 4. The second kappa shape index (κ2) is 8.11. The van der Waals surface area contributed by atoms with Crippen molar-refractivity contribution in [3.63, 3.8) is 0 Å². The molecule has 140 valence electrons. The maximum atomic E-state index is 12.4. The summed E-state index contributed by atoms with van der Waals surface area (Å²) in [7, 11) is 0. The molecule has 0 aliphatic carbocycles. The zero-order valence-electron chi connectivity index (χ0n) is 13.2. The van der Waals surface area contributed by atoms with Gasteiger partial charge in [0, 0.05) is 0 Å². The van der Waals surface area contributed by atoms with Crippen molar-refractivity contribution in [1.82, 2.24) is 10.9 Å². The van der Waals surface area contributed by atoms with E-state index in [1.807, 2.05) is 0 Å². The average Bonchev–Trinajstić information content (AvgIpc) is 2.96. The topological polar surface area (TPSA) is 42.5 Å². The van der Waals surface area contributed by atoms with Gasteiger partial charge in [-0.1, -0.05) is 24.3 Å². The number of hydrogen-bond donors (Lipinski definition) is 2. The van der Waals surface area contributed by atoms with Crippen molar-refractivity contribution in [2.45, 2.75) is 30.7 Å². The normalized spacial score (nSPS) is 22.8. The standard InChI is InChI=1S/C17H15ClF4N2O2/c18-13-14(9-3-1-5-11(7-9)25-16(19)20)23-24-15(13)10-4-2-6-12(8-10)26-17(21)22/h1-8,13-17,23-24H. The predicted molar refractivity (Wildman–Crippen MR) is 87.5 cm³/mol. The van der Waals surface area contributed by atoms with Crippen molar-refractivity contribution in [1.29, 1.82) is 0 Å². The van der Waals surface area contributed by atoms with E-state index in [1.165, 1.54) is 24.3 Å². The van der Waals surface area contributed by atoms with Gasteiger partial charge in [-0.25, -0.2) is 10.9 Å². The molecule has 9 heteroatoms. The largest absolute Gasteiger partial charge is 0.435 e. The van der Waals surface area contributed by atoms with Crippen molar-refractivity contribution in [2.24, 2.45) is 0 Å². The molecule has 2 N–H and O–H groups in total. The van der Waals surface area contributed by atoms with Crippen molar-refractivity contribution in [3.05, 3.63) is 59.7 Å². The Bertz CT molecular complexity index is 689. The molecule has 0 bridgehead atoms. The second-order valence-electron chi connectivity index (χ2n) is 5.59. The molecular weight excluding hydrogens is 376 g/mol. The highest BCUT2D eigenvalue weighted by molar-refractivity contribution is 6.21. The molecule has 4 nitrogen and oxygen atoms in total. The fourth-order valence-corrected chi connectivity index (χ4v) is 3.25. The van der Waals surface area contributed by atoms with Crippen molar-refractivity contribution < 1.29 is 27.0 Å². The number of nitrogens with one attached hydrogen (secondary N) is 2. The number of alkyl halides is 5. The summed E-state index contributed by atoms with van der Waals surface area (Å²) in [5, 5.41) is -0.515. The van der Waals surface area contributed by atoms with E-state index < -0.39 is 30.7 Å². The molecule has 1 heterocycles. The maximum Gasteiger partial charge on any atom is 0.387 e. The van der Waals surface area contributed by atoms with Gasteiger partial charge in [-0.2, -0.15) is 17.6 Å². The molecule has 1 fully saturated rings. The molecule has 3 rings (SSSR count). The second-order valence-corrected chi connectivity index (χ2v) is 6.09. The molecular formula is C17H15ClF4N2O2. The van der Waals surface area contributed by atoms with E-state index >= 15 is 0 Å². The van der Waals surface area contributed by atoms with E-state index in [2.05, 4.69) is 20.3 Å². The highest BCUT2D eigenvalue weighted by Crippen LogP contribution is 2.37. The third-order valence-electron chi connectivity index (χ3n) is 3.92. The summed E-state index contributed by atoms with van der Waals surface area (Å²) in [6.07, 6.45) is 0. The summed E-state index contributed by atoms with van der Waals surface area (Å²) in [6.45, 7) is -5.84. The Kier molecular flexibility index (Phi) is 5.85. The molecule has 2 atom stereocenters. The lowest BCUT2D eigenvalue weighted by molar-refractivity contribution is -0.0505. The van der Waals surface area contributed by atoms with Gasteiger partial charge >= 0.3 is 13.2 Å². The van der Waals surface area contributed by atoms with Gasteiger partial charge in [0.05, 0.1) is 17.5 Å². The first-order valence-electron chi connectivity index (χ1n) is 7.68. The molecule has 0 saturated carbocycles. The summed E-state index contributed by atoms with van der Waals surface area (Å²) in [6, 6.07) is 11.6.